The third-order valence-corrected chi connectivity index (χ3v) is 4.36. The van der Waals surface area contributed by atoms with Gasteiger partial charge in [-0.25, -0.2) is 4.99 Å². The van der Waals surface area contributed by atoms with Gasteiger partial charge in [0.25, 0.3) is 0 Å². The van der Waals surface area contributed by atoms with Crippen molar-refractivity contribution in [2.45, 2.75) is 6.92 Å². The van der Waals surface area contributed by atoms with Crippen molar-refractivity contribution < 1.29 is 4.74 Å². The molecule has 3 aromatic rings. The second-order valence-electron chi connectivity index (χ2n) is 5.95. The Balaban J connectivity index is 2.02. The van der Waals surface area contributed by atoms with Crippen LogP contribution in [-0.2, 0) is 4.74 Å². The van der Waals surface area contributed by atoms with Crippen LogP contribution in [-0.4, -0.2) is 19.0 Å². The molecule has 1 heterocycles. The van der Waals surface area contributed by atoms with Crippen molar-refractivity contribution in [3.63, 3.8) is 0 Å². The van der Waals surface area contributed by atoms with Crippen LogP contribution < -0.4 is 0 Å². The van der Waals surface area contributed by atoms with Gasteiger partial charge in [-0.1, -0.05) is 72.8 Å². The van der Waals surface area contributed by atoms with Crippen LogP contribution in [0.3, 0.4) is 0 Å². The number of hydrogen-bond acceptors (Lipinski definition) is 2. The summed E-state index contributed by atoms with van der Waals surface area (Å²) in [5.74, 6) is 0.761. The van der Waals surface area contributed by atoms with Crippen molar-refractivity contribution in [3.8, 4) is 22.3 Å². The van der Waals surface area contributed by atoms with Gasteiger partial charge in [-0.15, -0.1) is 0 Å². The van der Waals surface area contributed by atoms with Crippen molar-refractivity contribution in [1.82, 2.24) is 0 Å². The topological polar surface area (TPSA) is 21.6 Å². The molecule has 0 spiro atoms. The highest BCUT2D eigenvalue weighted by molar-refractivity contribution is 6.08. The van der Waals surface area contributed by atoms with Gasteiger partial charge >= 0.3 is 0 Å². The lowest BCUT2D eigenvalue weighted by Crippen LogP contribution is -2.07. The van der Waals surface area contributed by atoms with Crippen molar-refractivity contribution in [1.29, 1.82) is 0 Å². The molecule has 0 aromatic heterocycles. The molecule has 0 unspecified atom stereocenters. The van der Waals surface area contributed by atoms with Gasteiger partial charge in [-0.05, 0) is 34.7 Å². The van der Waals surface area contributed by atoms with Crippen molar-refractivity contribution >= 4 is 5.90 Å². The van der Waals surface area contributed by atoms with Gasteiger partial charge in [0, 0.05) is 0 Å². The van der Waals surface area contributed by atoms with E-state index in [1.54, 1.807) is 0 Å². The van der Waals surface area contributed by atoms with E-state index in [9.17, 15) is 0 Å². The Kier molecular flexibility index (Phi) is 3.87. The molecule has 118 valence electrons. The Morgan fingerprint density at radius 1 is 0.750 bits per heavy atom. The minimum absolute atomic E-state index is 0.658. The van der Waals surface area contributed by atoms with Crippen LogP contribution in [0.1, 0.15) is 11.1 Å². The monoisotopic (exact) mass is 313 g/mol. The molecule has 0 bridgehead atoms. The fourth-order valence-electron chi connectivity index (χ4n) is 3.25. The van der Waals surface area contributed by atoms with Gasteiger partial charge < -0.3 is 4.74 Å². The fraction of sp³-hybridized carbons (Fsp3) is 0.136. The van der Waals surface area contributed by atoms with Gasteiger partial charge in [0.1, 0.15) is 6.61 Å². The predicted molar refractivity (Wildman–Crippen MR) is 99.4 cm³/mol. The number of ether oxygens (including phenoxy) is 1. The van der Waals surface area contributed by atoms with Crippen LogP contribution in [0.15, 0.2) is 77.8 Å². The lowest BCUT2D eigenvalue weighted by Gasteiger charge is -2.18. The van der Waals surface area contributed by atoms with E-state index in [1.807, 2.05) is 12.1 Å². The van der Waals surface area contributed by atoms with Crippen LogP contribution in [0.5, 0.6) is 0 Å². The van der Waals surface area contributed by atoms with Gasteiger partial charge in [0.15, 0.2) is 0 Å². The summed E-state index contributed by atoms with van der Waals surface area (Å²) < 4.78 is 5.87. The first-order chi connectivity index (χ1) is 11.8. The molecule has 24 heavy (non-hydrogen) atoms. The Bertz CT molecular complexity index is 883. The molecule has 0 saturated carbocycles. The lowest BCUT2D eigenvalue weighted by molar-refractivity contribution is 0.348. The maximum atomic E-state index is 5.87. The molecule has 4 rings (SSSR count). The second kappa shape index (κ2) is 6.32. The van der Waals surface area contributed by atoms with Crippen LogP contribution in [0.4, 0.5) is 0 Å². The molecule has 1 aliphatic heterocycles. The van der Waals surface area contributed by atoms with Crippen molar-refractivity contribution in [2.24, 2.45) is 4.99 Å². The Labute approximate surface area is 142 Å². The molecular weight excluding hydrogens is 294 g/mol. The zero-order chi connectivity index (χ0) is 16.4. The summed E-state index contributed by atoms with van der Waals surface area (Å²) in [6.07, 6.45) is 0. The van der Waals surface area contributed by atoms with E-state index in [-0.39, 0.29) is 0 Å². The normalized spacial score (nSPS) is 13.5. The average Bonchev–Trinajstić information content (AvgIpc) is 3.17. The molecule has 2 heteroatoms. The van der Waals surface area contributed by atoms with Gasteiger partial charge in [0.2, 0.25) is 5.90 Å². The van der Waals surface area contributed by atoms with E-state index in [0.29, 0.717) is 6.61 Å². The summed E-state index contributed by atoms with van der Waals surface area (Å²) in [5.41, 5.74) is 7.08. The van der Waals surface area contributed by atoms with Crippen molar-refractivity contribution in [2.75, 3.05) is 13.2 Å². The molecule has 2 nitrogen and oxygen atoms in total. The third-order valence-electron chi connectivity index (χ3n) is 4.36. The molecule has 0 N–H and O–H groups in total. The van der Waals surface area contributed by atoms with E-state index >= 15 is 0 Å². The van der Waals surface area contributed by atoms with Gasteiger partial charge in [0.05, 0.1) is 12.1 Å². The number of aryl methyl sites for hydroxylation is 1. The summed E-state index contributed by atoms with van der Waals surface area (Å²) in [6, 6.07) is 25.3. The van der Waals surface area contributed by atoms with E-state index in [0.717, 1.165) is 18.0 Å². The molecule has 0 saturated heterocycles. The molecule has 3 aromatic carbocycles. The van der Waals surface area contributed by atoms with Crippen LogP contribution in [0, 0.1) is 6.92 Å². The van der Waals surface area contributed by atoms with Crippen LogP contribution in [0.25, 0.3) is 22.3 Å². The third kappa shape index (κ3) is 2.61. The first-order valence-electron chi connectivity index (χ1n) is 8.26. The molecule has 0 radical (unpaired) electrons. The summed E-state index contributed by atoms with van der Waals surface area (Å²) in [7, 11) is 0. The standard InChI is InChI=1S/C22H19NO/c1-16-12-13-19(17-8-4-2-5-9-17)21(22-23-14-15-24-22)20(16)18-10-6-3-7-11-18/h2-13H,14-15H2,1H3. The Hall–Kier alpha value is -2.87. The molecule has 1 aliphatic rings. The lowest BCUT2D eigenvalue weighted by atomic mass is 9.88. The summed E-state index contributed by atoms with van der Waals surface area (Å²) in [4.78, 5) is 4.61. The fourth-order valence-corrected chi connectivity index (χ4v) is 3.25. The minimum Gasteiger partial charge on any atom is -0.475 e. The van der Waals surface area contributed by atoms with Gasteiger partial charge in [-0.3, -0.25) is 0 Å². The zero-order valence-corrected chi connectivity index (χ0v) is 13.7. The summed E-state index contributed by atoms with van der Waals surface area (Å²) in [5, 5.41) is 0. The number of aliphatic imine (C=N–C) groups is 1. The first-order valence-corrected chi connectivity index (χ1v) is 8.26. The zero-order valence-electron chi connectivity index (χ0n) is 13.7. The molecule has 0 fully saturated rings. The second-order valence-corrected chi connectivity index (χ2v) is 5.95. The Morgan fingerprint density at radius 2 is 1.42 bits per heavy atom. The largest absolute Gasteiger partial charge is 0.475 e. The Morgan fingerprint density at radius 3 is 2.04 bits per heavy atom. The summed E-state index contributed by atoms with van der Waals surface area (Å²) >= 11 is 0. The van der Waals surface area contributed by atoms with E-state index in [2.05, 4.69) is 72.6 Å². The average molecular weight is 313 g/mol. The number of nitrogens with zero attached hydrogens (tertiary/aromatic N) is 1. The predicted octanol–water partition coefficient (Wildman–Crippen LogP) is 5.11. The maximum Gasteiger partial charge on any atom is 0.217 e. The SMILES string of the molecule is Cc1ccc(-c2ccccc2)c(C2=NCCO2)c1-c1ccccc1. The maximum absolute atomic E-state index is 5.87. The number of rotatable bonds is 3. The van der Waals surface area contributed by atoms with E-state index in [1.165, 1.54) is 27.8 Å². The molecule has 0 amide bonds. The highest BCUT2D eigenvalue weighted by atomic mass is 16.5. The minimum atomic E-state index is 0.658. The van der Waals surface area contributed by atoms with Crippen molar-refractivity contribution in [3.05, 3.63) is 83.9 Å². The molecule has 0 atom stereocenters. The smallest absolute Gasteiger partial charge is 0.217 e. The highest BCUT2D eigenvalue weighted by Gasteiger charge is 2.22. The first kappa shape index (κ1) is 14.7. The van der Waals surface area contributed by atoms with E-state index < -0.39 is 0 Å². The van der Waals surface area contributed by atoms with Crippen LogP contribution >= 0.6 is 0 Å². The quantitative estimate of drug-likeness (QED) is 0.659. The molecular formula is C22H19NO. The van der Waals surface area contributed by atoms with Gasteiger partial charge in [-0.2, -0.15) is 0 Å². The molecule has 0 aliphatic carbocycles. The number of benzene rings is 3. The summed E-state index contributed by atoms with van der Waals surface area (Å²) in [6.45, 7) is 3.54. The van der Waals surface area contributed by atoms with E-state index in [4.69, 9.17) is 4.74 Å². The van der Waals surface area contributed by atoms with Crippen LogP contribution in [0.2, 0.25) is 0 Å². The number of hydrogen-bond donors (Lipinski definition) is 0. The highest BCUT2D eigenvalue weighted by Crippen LogP contribution is 2.36.